The maximum Gasteiger partial charge on any atom is 0.222 e. The van der Waals surface area contributed by atoms with Gasteiger partial charge < -0.3 is 0 Å². The molecule has 0 unspecified atom stereocenters. The molecule has 0 atom stereocenters. The second-order valence-electron chi connectivity index (χ2n) is 1.81. The summed E-state index contributed by atoms with van der Waals surface area (Å²) in [6.07, 6.45) is 0. The fraction of sp³-hybridized carbons (Fsp3) is 1.00. The quantitative estimate of drug-likeness (QED) is 0.420. The molecule has 9 heavy (non-hydrogen) atoms. The zero-order chi connectivity index (χ0) is 7.28. The summed E-state index contributed by atoms with van der Waals surface area (Å²) in [7, 11) is 0. The molecule has 3 nitrogen and oxygen atoms in total. The number of nitrogens with zero attached hydrogens (tertiary/aromatic N) is 2. The summed E-state index contributed by atoms with van der Waals surface area (Å²) in [5, 5.41) is 1.75. The number of hydrogen-bond acceptors (Lipinski definition) is 1. The van der Waals surface area contributed by atoms with Gasteiger partial charge in [0.2, 0.25) is 6.54 Å². The van der Waals surface area contributed by atoms with Gasteiger partial charge in [0.15, 0.2) is 0 Å². The van der Waals surface area contributed by atoms with Gasteiger partial charge in [-0.2, -0.15) is 0 Å². The molecule has 0 aliphatic heterocycles. The van der Waals surface area contributed by atoms with Crippen molar-refractivity contribution >= 4 is 0 Å². The number of nitroso groups, excluding NO2 is 1. The van der Waals surface area contributed by atoms with Gasteiger partial charge in [-0.1, -0.05) is 0 Å². The van der Waals surface area contributed by atoms with Crippen molar-refractivity contribution < 1.29 is 4.87 Å². The fourth-order valence-corrected chi connectivity index (χ4v) is 0.739. The Kier molecular flexibility index (Phi) is 4.01. The van der Waals surface area contributed by atoms with E-state index in [0.29, 0.717) is 6.54 Å². The van der Waals surface area contributed by atoms with Crippen molar-refractivity contribution in [1.29, 1.82) is 0 Å². The van der Waals surface area contributed by atoms with Gasteiger partial charge >= 0.3 is 0 Å². The lowest BCUT2D eigenvalue weighted by atomic mass is 10.6. The predicted octanol–water partition coefficient (Wildman–Crippen LogP) is 1.04. The van der Waals surface area contributed by atoms with Crippen LogP contribution in [0.5, 0.6) is 0 Å². The first-order valence-electron chi connectivity index (χ1n) is 3.45. The van der Waals surface area contributed by atoms with Crippen molar-refractivity contribution in [3.05, 3.63) is 4.91 Å². The third kappa shape index (κ3) is 2.44. The fourth-order valence-electron chi connectivity index (χ4n) is 0.739. The minimum absolute atomic E-state index is 0.543. The molecule has 0 bridgehead atoms. The summed E-state index contributed by atoms with van der Waals surface area (Å²) < 4.78 is 0. The third-order valence-corrected chi connectivity index (χ3v) is 1.32. The third-order valence-electron chi connectivity index (χ3n) is 1.32. The van der Waals surface area contributed by atoms with E-state index in [0.717, 1.165) is 18.0 Å². The molecule has 0 aromatic carbocycles. The Labute approximate surface area is 56.2 Å². The summed E-state index contributed by atoms with van der Waals surface area (Å²) in [6, 6.07) is 0. The molecule has 0 rings (SSSR count). The maximum absolute atomic E-state index is 10.8. The average molecular weight is 131 g/mol. The molecule has 0 aromatic rings. The molecule has 0 spiro atoms. The first-order valence-corrected chi connectivity index (χ1v) is 3.45. The summed E-state index contributed by atoms with van der Waals surface area (Å²) in [4.78, 5) is 11.8. The van der Waals surface area contributed by atoms with Crippen molar-refractivity contribution in [2.24, 2.45) is 0 Å². The van der Waals surface area contributed by atoms with Gasteiger partial charge in [-0.3, -0.25) is 0 Å². The highest BCUT2D eigenvalue weighted by molar-refractivity contribution is 4.29. The molecular weight excluding hydrogens is 116 g/mol. The molecule has 0 amide bonds. The number of rotatable bonds is 4. The van der Waals surface area contributed by atoms with Gasteiger partial charge in [0.25, 0.3) is 0 Å². The average Bonchev–Trinajstić information content (AvgIpc) is 1.90. The van der Waals surface area contributed by atoms with Gasteiger partial charge in [-0.15, -0.1) is 5.01 Å². The van der Waals surface area contributed by atoms with Crippen LogP contribution in [0.1, 0.15) is 20.8 Å². The van der Waals surface area contributed by atoms with Gasteiger partial charge in [-0.25, -0.2) is 0 Å². The van der Waals surface area contributed by atoms with Crippen LogP contribution < -0.4 is 0 Å². The predicted molar refractivity (Wildman–Crippen MR) is 37.1 cm³/mol. The van der Waals surface area contributed by atoms with Crippen LogP contribution in [0.15, 0.2) is 0 Å². The van der Waals surface area contributed by atoms with Crippen molar-refractivity contribution in [1.82, 2.24) is 5.01 Å². The van der Waals surface area contributed by atoms with Gasteiger partial charge in [-0.05, 0) is 13.8 Å². The van der Waals surface area contributed by atoms with Crippen molar-refractivity contribution in [3.63, 3.8) is 0 Å². The van der Waals surface area contributed by atoms with Crippen LogP contribution in [0, 0.1) is 4.91 Å². The minimum Gasteiger partial charge on any atom is -0.142 e. The standard InChI is InChI=1S/C6H15N2O/c1-4-7(5-2)8(9)6-3/h4-6H2,1-3H3/q+1. The topological polar surface area (TPSA) is 23.3 Å². The molecule has 54 valence electrons. The van der Waals surface area contributed by atoms with Gasteiger partial charge in [0, 0.05) is 6.92 Å². The first-order chi connectivity index (χ1) is 4.26. The Hall–Kier alpha value is -0.600. The van der Waals surface area contributed by atoms with E-state index in [2.05, 4.69) is 0 Å². The Morgan fingerprint density at radius 3 is 1.78 bits per heavy atom. The number of hydrogen-bond donors (Lipinski definition) is 0. The molecule has 0 aliphatic rings. The number of hydrazine groups is 1. The summed E-state index contributed by atoms with van der Waals surface area (Å²) in [5.41, 5.74) is 0. The Morgan fingerprint density at radius 1 is 1.22 bits per heavy atom. The second kappa shape index (κ2) is 4.30. The zero-order valence-electron chi connectivity index (χ0n) is 6.42. The van der Waals surface area contributed by atoms with E-state index in [9.17, 15) is 4.91 Å². The van der Waals surface area contributed by atoms with E-state index in [1.807, 2.05) is 20.8 Å². The molecule has 0 heterocycles. The Bertz CT molecular complexity index is 89.1. The van der Waals surface area contributed by atoms with Gasteiger partial charge in [0.1, 0.15) is 4.87 Å². The maximum atomic E-state index is 10.8. The molecule has 0 radical (unpaired) electrons. The Morgan fingerprint density at radius 2 is 1.67 bits per heavy atom. The highest BCUT2D eigenvalue weighted by atomic mass is 16.3. The Balaban J connectivity index is 3.64. The van der Waals surface area contributed by atoms with Crippen molar-refractivity contribution in [3.8, 4) is 0 Å². The van der Waals surface area contributed by atoms with Gasteiger partial charge in [0.05, 0.1) is 18.0 Å². The lowest BCUT2D eigenvalue weighted by molar-refractivity contribution is -0.704. The summed E-state index contributed by atoms with van der Waals surface area (Å²) in [6.45, 7) is 7.95. The van der Waals surface area contributed by atoms with Crippen LogP contribution >= 0.6 is 0 Å². The first kappa shape index (κ1) is 8.40. The SMILES string of the molecule is CCN(CC)[N+](=O)CC. The molecule has 0 N–H and O–H groups in total. The largest absolute Gasteiger partial charge is 0.222 e. The molecule has 0 aliphatic carbocycles. The van der Waals surface area contributed by atoms with Crippen LogP contribution in [0.4, 0.5) is 0 Å². The summed E-state index contributed by atoms with van der Waals surface area (Å²) >= 11 is 0. The second-order valence-corrected chi connectivity index (χ2v) is 1.81. The van der Waals surface area contributed by atoms with Crippen LogP contribution in [-0.2, 0) is 0 Å². The molecule has 3 heteroatoms. The smallest absolute Gasteiger partial charge is 0.142 e. The van der Waals surface area contributed by atoms with E-state index >= 15 is 0 Å². The van der Waals surface area contributed by atoms with Crippen molar-refractivity contribution in [2.75, 3.05) is 19.6 Å². The zero-order valence-corrected chi connectivity index (χ0v) is 6.42. The monoisotopic (exact) mass is 131 g/mol. The van der Waals surface area contributed by atoms with E-state index < -0.39 is 0 Å². The van der Waals surface area contributed by atoms with E-state index in [4.69, 9.17) is 0 Å². The lowest BCUT2D eigenvalue weighted by Gasteiger charge is -2.07. The van der Waals surface area contributed by atoms with Crippen LogP contribution in [0.25, 0.3) is 0 Å². The normalized spacial score (nSPS) is 9.22. The van der Waals surface area contributed by atoms with E-state index in [1.54, 1.807) is 5.01 Å². The highest BCUT2D eigenvalue weighted by Crippen LogP contribution is 1.86. The molecule has 0 fully saturated rings. The minimum atomic E-state index is 0.543. The van der Waals surface area contributed by atoms with E-state index in [-0.39, 0.29) is 0 Å². The summed E-state index contributed by atoms with van der Waals surface area (Å²) in [5.74, 6) is 0. The highest BCUT2D eigenvalue weighted by Gasteiger charge is 2.11. The molecule has 0 saturated carbocycles. The molecule has 0 saturated heterocycles. The molecule has 0 aromatic heterocycles. The van der Waals surface area contributed by atoms with Crippen LogP contribution in [0.2, 0.25) is 0 Å². The molecular formula is C6H15N2O+. The van der Waals surface area contributed by atoms with Crippen LogP contribution in [-0.4, -0.2) is 29.5 Å². The lowest BCUT2D eigenvalue weighted by Crippen LogP contribution is -2.32. The van der Waals surface area contributed by atoms with Crippen LogP contribution in [0.3, 0.4) is 0 Å². The van der Waals surface area contributed by atoms with Crippen molar-refractivity contribution in [2.45, 2.75) is 20.8 Å². The van der Waals surface area contributed by atoms with E-state index in [1.165, 1.54) is 0 Å².